The van der Waals surface area contributed by atoms with Gasteiger partial charge in [-0.05, 0) is 23.3 Å². The average Bonchev–Trinajstić information content (AvgIpc) is 3.52. The molecule has 3 aliphatic rings. The van der Waals surface area contributed by atoms with E-state index in [0.717, 1.165) is 5.69 Å². The zero-order chi connectivity index (χ0) is 27.8. The number of carbonyl (C=O) groups is 4. The molecule has 1 fully saturated rings. The molecule has 0 saturated carbocycles. The Labute approximate surface area is 231 Å². The van der Waals surface area contributed by atoms with Crippen molar-refractivity contribution >= 4 is 28.8 Å². The molecule has 40 heavy (non-hydrogen) atoms. The van der Waals surface area contributed by atoms with Gasteiger partial charge < -0.3 is 9.64 Å². The lowest BCUT2D eigenvalue weighted by atomic mass is 9.60. The van der Waals surface area contributed by atoms with Crippen molar-refractivity contribution < 1.29 is 23.9 Å². The normalized spacial score (nSPS) is 21.8. The maximum atomic E-state index is 14.7. The molecule has 6 nitrogen and oxygen atoms in total. The zero-order valence-electron chi connectivity index (χ0n) is 22.0. The molecular weight excluding hydrogens is 502 g/mol. The molecule has 0 N–H and O–H groups in total. The highest BCUT2D eigenvalue weighted by molar-refractivity contribution is 6.37. The fraction of sp³-hybridized carbons (Fsp3) is 0.176. The smallest absolute Gasteiger partial charge is 0.204 e. The number of ketones is 4. The van der Waals surface area contributed by atoms with Gasteiger partial charge in [0, 0.05) is 42.0 Å². The predicted molar refractivity (Wildman–Crippen MR) is 149 cm³/mol. The fourth-order valence-electron chi connectivity index (χ4n) is 6.92. The Hall–Kier alpha value is -4.68. The standard InChI is InChI=1S/C34H25NO5/c1-35(2)22-18-16-20(17-19-22)27-33(28(36)23-12-6-7-13-24(23)29(33)37)32(21-10-4-3-5-11-21)40-34(27)30(38)25-14-8-9-15-26(25)31(34)39/h3-19,27,32H,1-2H3/t27-,32-/m1/s1. The lowest BCUT2D eigenvalue weighted by Gasteiger charge is -2.35. The summed E-state index contributed by atoms with van der Waals surface area (Å²) in [7, 11) is 3.81. The number of nitrogens with zero attached hydrogens (tertiary/aromatic N) is 1. The van der Waals surface area contributed by atoms with Crippen LogP contribution < -0.4 is 4.90 Å². The maximum absolute atomic E-state index is 14.7. The molecule has 4 aromatic rings. The third-order valence-electron chi connectivity index (χ3n) is 8.68. The van der Waals surface area contributed by atoms with E-state index < -0.39 is 46.2 Å². The van der Waals surface area contributed by atoms with Crippen molar-refractivity contribution in [2.75, 3.05) is 19.0 Å². The first kappa shape index (κ1) is 24.4. The SMILES string of the molecule is CN(C)c1ccc([C@H]2C3(O[C@H](c4ccccc4)C24C(=O)c2ccccc2C4=O)C(=O)c2ccccc2C3=O)cc1. The number of fused-ring (bicyclic) bond motifs is 2. The number of carbonyl (C=O) groups excluding carboxylic acids is 4. The second kappa shape index (κ2) is 8.41. The van der Waals surface area contributed by atoms with Gasteiger partial charge in [-0.3, -0.25) is 19.2 Å². The van der Waals surface area contributed by atoms with Crippen molar-refractivity contribution in [1.29, 1.82) is 0 Å². The third-order valence-corrected chi connectivity index (χ3v) is 8.68. The van der Waals surface area contributed by atoms with Crippen molar-refractivity contribution in [3.63, 3.8) is 0 Å². The molecule has 1 saturated heterocycles. The van der Waals surface area contributed by atoms with Gasteiger partial charge in [-0.25, -0.2) is 0 Å². The first-order chi connectivity index (χ1) is 19.3. The third kappa shape index (κ3) is 2.86. The molecule has 0 radical (unpaired) electrons. The summed E-state index contributed by atoms with van der Waals surface area (Å²) in [6.07, 6.45) is -1.16. The first-order valence-corrected chi connectivity index (χ1v) is 13.2. The van der Waals surface area contributed by atoms with E-state index in [0.29, 0.717) is 11.1 Å². The molecule has 2 spiro atoms. The summed E-state index contributed by atoms with van der Waals surface area (Å²) >= 11 is 0. The summed E-state index contributed by atoms with van der Waals surface area (Å²) in [6.45, 7) is 0. The lowest BCUT2D eigenvalue weighted by Crippen LogP contribution is -2.51. The number of ether oxygens (including phenoxy) is 1. The molecule has 1 heterocycles. The van der Waals surface area contributed by atoms with Crippen LogP contribution in [0.5, 0.6) is 0 Å². The number of hydrogen-bond acceptors (Lipinski definition) is 6. The first-order valence-electron chi connectivity index (χ1n) is 13.2. The van der Waals surface area contributed by atoms with Gasteiger partial charge in [0.05, 0.1) is 5.92 Å². The Morgan fingerprint density at radius 1 is 0.550 bits per heavy atom. The molecule has 196 valence electrons. The molecule has 0 bridgehead atoms. The molecule has 0 aromatic heterocycles. The van der Waals surface area contributed by atoms with Crippen LogP contribution in [0.4, 0.5) is 5.69 Å². The van der Waals surface area contributed by atoms with Crippen molar-refractivity contribution in [3.05, 3.63) is 137 Å². The van der Waals surface area contributed by atoms with Crippen LogP contribution in [-0.2, 0) is 4.74 Å². The Bertz CT molecular complexity index is 1670. The van der Waals surface area contributed by atoms with Gasteiger partial charge in [0.15, 0.2) is 11.6 Å². The van der Waals surface area contributed by atoms with Crippen LogP contribution in [0.1, 0.15) is 64.6 Å². The summed E-state index contributed by atoms with van der Waals surface area (Å²) in [4.78, 5) is 60.1. The van der Waals surface area contributed by atoms with E-state index in [1.165, 1.54) is 0 Å². The Morgan fingerprint density at radius 2 is 1.00 bits per heavy atom. The molecular formula is C34H25NO5. The van der Waals surface area contributed by atoms with Crippen LogP contribution in [0.2, 0.25) is 0 Å². The fourth-order valence-corrected chi connectivity index (χ4v) is 6.92. The van der Waals surface area contributed by atoms with Gasteiger partial charge in [-0.1, -0.05) is 91.0 Å². The summed E-state index contributed by atoms with van der Waals surface area (Å²) in [5.41, 5.74) is -0.949. The maximum Gasteiger partial charge on any atom is 0.204 e. The van der Waals surface area contributed by atoms with E-state index in [9.17, 15) is 19.2 Å². The van der Waals surface area contributed by atoms with E-state index in [-0.39, 0.29) is 22.3 Å². The van der Waals surface area contributed by atoms with Crippen LogP contribution in [-0.4, -0.2) is 42.8 Å². The van der Waals surface area contributed by atoms with E-state index in [1.54, 1.807) is 84.9 Å². The van der Waals surface area contributed by atoms with Gasteiger partial charge >= 0.3 is 0 Å². The molecule has 2 atom stereocenters. The number of hydrogen-bond donors (Lipinski definition) is 0. The quantitative estimate of drug-likeness (QED) is 0.328. The Kier molecular flexibility index (Phi) is 5.12. The van der Waals surface area contributed by atoms with Crippen molar-refractivity contribution in [2.24, 2.45) is 5.41 Å². The van der Waals surface area contributed by atoms with Gasteiger partial charge in [-0.15, -0.1) is 0 Å². The number of anilines is 1. The topological polar surface area (TPSA) is 80.8 Å². The molecule has 2 aliphatic carbocycles. The molecule has 0 amide bonds. The number of benzene rings is 4. The largest absolute Gasteiger partial charge is 0.378 e. The zero-order valence-corrected chi connectivity index (χ0v) is 22.0. The molecule has 6 heteroatoms. The van der Waals surface area contributed by atoms with Gasteiger partial charge in [0.25, 0.3) is 0 Å². The number of Topliss-reactive ketones (excluding diaryl/α,β-unsaturated/α-hetero) is 4. The predicted octanol–water partition coefficient (Wildman–Crippen LogP) is 5.49. The summed E-state index contributed by atoms with van der Waals surface area (Å²) < 4.78 is 6.71. The van der Waals surface area contributed by atoms with E-state index in [1.807, 2.05) is 37.2 Å². The van der Waals surface area contributed by atoms with Crippen LogP contribution in [0.25, 0.3) is 0 Å². The highest BCUT2D eigenvalue weighted by Crippen LogP contribution is 2.67. The summed E-state index contributed by atoms with van der Waals surface area (Å²) in [5.74, 6) is -3.11. The minimum Gasteiger partial charge on any atom is -0.378 e. The lowest BCUT2D eigenvalue weighted by molar-refractivity contribution is -0.0210. The van der Waals surface area contributed by atoms with E-state index >= 15 is 0 Å². The van der Waals surface area contributed by atoms with E-state index in [2.05, 4.69) is 0 Å². The van der Waals surface area contributed by atoms with Crippen LogP contribution in [0.3, 0.4) is 0 Å². The van der Waals surface area contributed by atoms with Gasteiger partial charge in [-0.2, -0.15) is 0 Å². The summed E-state index contributed by atoms with van der Waals surface area (Å²) in [6, 6.07) is 29.6. The second-order valence-electron chi connectivity index (χ2n) is 10.8. The van der Waals surface area contributed by atoms with Gasteiger partial charge in [0.2, 0.25) is 17.2 Å². The minimum atomic E-state index is -2.09. The molecule has 7 rings (SSSR count). The highest BCUT2D eigenvalue weighted by atomic mass is 16.5. The number of rotatable bonds is 3. The van der Waals surface area contributed by atoms with Crippen LogP contribution in [0.15, 0.2) is 103 Å². The van der Waals surface area contributed by atoms with Gasteiger partial charge in [0.1, 0.15) is 11.5 Å². The Morgan fingerprint density at radius 3 is 1.48 bits per heavy atom. The molecule has 0 unspecified atom stereocenters. The minimum absolute atomic E-state index is 0.238. The monoisotopic (exact) mass is 527 g/mol. The van der Waals surface area contributed by atoms with E-state index in [4.69, 9.17) is 4.74 Å². The van der Waals surface area contributed by atoms with Crippen molar-refractivity contribution in [1.82, 2.24) is 0 Å². The van der Waals surface area contributed by atoms with Crippen LogP contribution in [0, 0.1) is 5.41 Å². The Balaban J connectivity index is 1.57. The van der Waals surface area contributed by atoms with Crippen molar-refractivity contribution in [2.45, 2.75) is 17.6 Å². The average molecular weight is 528 g/mol. The summed E-state index contributed by atoms with van der Waals surface area (Å²) in [5, 5.41) is 0. The highest BCUT2D eigenvalue weighted by Gasteiger charge is 2.79. The molecule has 4 aromatic carbocycles. The molecule has 1 aliphatic heterocycles. The van der Waals surface area contributed by atoms with Crippen molar-refractivity contribution in [3.8, 4) is 0 Å². The van der Waals surface area contributed by atoms with Crippen LogP contribution >= 0.6 is 0 Å². The second-order valence-corrected chi connectivity index (χ2v) is 10.8.